The van der Waals surface area contributed by atoms with E-state index < -0.39 is 0 Å². The van der Waals surface area contributed by atoms with Crippen molar-refractivity contribution in [2.24, 2.45) is 0 Å². The second-order valence-electron chi connectivity index (χ2n) is 3.44. The SMILES string of the molecule is C=CC(=O)N[N+](C)(C)CCCC. The number of unbranched alkanes of at least 4 members (excludes halogenated alkanes) is 1. The molecule has 0 spiro atoms. The monoisotopic (exact) mass is 171 g/mol. The van der Waals surface area contributed by atoms with Crippen molar-refractivity contribution >= 4 is 5.91 Å². The molecule has 0 aliphatic carbocycles. The van der Waals surface area contributed by atoms with E-state index >= 15 is 0 Å². The van der Waals surface area contributed by atoms with Crippen LogP contribution < -0.4 is 5.43 Å². The molecule has 1 amide bonds. The first kappa shape index (κ1) is 11.2. The largest absolute Gasteiger partial charge is 0.288 e. The molecule has 70 valence electrons. The summed E-state index contributed by atoms with van der Waals surface area (Å²) in [6.07, 6.45) is 3.56. The molecule has 0 aliphatic heterocycles. The Morgan fingerprint density at radius 2 is 2.17 bits per heavy atom. The highest BCUT2D eigenvalue weighted by atomic mass is 16.2. The van der Waals surface area contributed by atoms with Gasteiger partial charge in [-0.05, 0) is 6.42 Å². The van der Waals surface area contributed by atoms with Crippen molar-refractivity contribution in [3.8, 4) is 0 Å². The summed E-state index contributed by atoms with van der Waals surface area (Å²) in [6, 6.07) is 0. The number of hydrogen-bond acceptors (Lipinski definition) is 1. The second kappa shape index (κ2) is 4.93. The molecule has 0 unspecified atom stereocenters. The molecular formula is C9H19N2O+. The molecule has 0 aromatic carbocycles. The van der Waals surface area contributed by atoms with Crippen LogP contribution in [0.4, 0.5) is 0 Å². The zero-order valence-corrected chi connectivity index (χ0v) is 8.26. The molecule has 0 radical (unpaired) electrons. The lowest BCUT2D eigenvalue weighted by atomic mass is 10.3. The van der Waals surface area contributed by atoms with E-state index in [4.69, 9.17) is 0 Å². The minimum atomic E-state index is -0.115. The second-order valence-corrected chi connectivity index (χ2v) is 3.44. The molecule has 0 bridgehead atoms. The van der Waals surface area contributed by atoms with Crippen LogP contribution in [0.5, 0.6) is 0 Å². The van der Waals surface area contributed by atoms with Crippen LogP contribution in [-0.2, 0) is 4.79 Å². The van der Waals surface area contributed by atoms with E-state index in [1.54, 1.807) is 0 Å². The lowest BCUT2D eigenvalue weighted by molar-refractivity contribution is -0.925. The molecule has 12 heavy (non-hydrogen) atoms. The van der Waals surface area contributed by atoms with Gasteiger partial charge in [0.25, 0.3) is 5.91 Å². The maximum Gasteiger partial charge on any atom is 0.288 e. The minimum Gasteiger partial charge on any atom is -0.265 e. The van der Waals surface area contributed by atoms with E-state index in [0.29, 0.717) is 4.59 Å². The molecule has 1 N–H and O–H groups in total. The van der Waals surface area contributed by atoms with Crippen LogP contribution in [0.3, 0.4) is 0 Å². The number of carbonyl (C=O) groups excluding carboxylic acids is 1. The average Bonchev–Trinajstić information content (AvgIpc) is 2.00. The maximum atomic E-state index is 10.9. The summed E-state index contributed by atoms with van der Waals surface area (Å²) < 4.78 is 0.526. The zero-order valence-electron chi connectivity index (χ0n) is 8.26. The van der Waals surface area contributed by atoms with Crippen molar-refractivity contribution in [2.45, 2.75) is 19.8 Å². The van der Waals surface area contributed by atoms with Gasteiger partial charge >= 0.3 is 0 Å². The first-order valence-corrected chi connectivity index (χ1v) is 4.29. The molecule has 0 aliphatic rings. The van der Waals surface area contributed by atoms with Crippen molar-refractivity contribution in [2.75, 3.05) is 20.6 Å². The summed E-state index contributed by atoms with van der Waals surface area (Å²) in [5.74, 6) is -0.115. The molecule has 0 atom stereocenters. The Labute approximate surface area is 74.6 Å². The highest BCUT2D eigenvalue weighted by molar-refractivity contribution is 5.85. The normalized spacial score (nSPS) is 10.9. The van der Waals surface area contributed by atoms with Crippen LogP contribution in [0.15, 0.2) is 12.7 Å². The summed E-state index contributed by atoms with van der Waals surface area (Å²) in [6.45, 7) is 6.49. The van der Waals surface area contributed by atoms with Crippen LogP contribution in [-0.4, -0.2) is 31.1 Å². The van der Waals surface area contributed by atoms with Crippen molar-refractivity contribution in [3.05, 3.63) is 12.7 Å². The van der Waals surface area contributed by atoms with Gasteiger partial charge in [0.15, 0.2) is 0 Å². The smallest absolute Gasteiger partial charge is 0.265 e. The summed E-state index contributed by atoms with van der Waals surface area (Å²) in [7, 11) is 3.94. The molecule has 0 saturated heterocycles. The Kier molecular flexibility index (Phi) is 4.59. The molecular weight excluding hydrogens is 152 g/mol. The fourth-order valence-corrected chi connectivity index (χ4v) is 0.953. The molecule has 0 fully saturated rings. The van der Waals surface area contributed by atoms with Gasteiger partial charge in [-0.2, -0.15) is 5.43 Å². The fraction of sp³-hybridized carbons (Fsp3) is 0.667. The number of rotatable bonds is 5. The fourth-order valence-electron chi connectivity index (χ4n) is 0.953. The first-order valence-electron chi connectivity index (χ1n) is 4.29. The van der Waals surface area contributed by atoms with Gasteiger partial charge in [-0.1, -0.05) is 19.9 Å². The van der Waals surface area contributed by atoms with Crippen molar-refractivity contribution in [1.29, 1.82) is 0 Å². The van der Waals surface area contributed by atoms with Crippen LogP contribution in [0.25, 0.3) is 0 Å². The van der Waals surface area contributed by atoms with Gasteiger partial charge in [0.2, 0.25) is 0 Å². The lowest BCUT2D eigenvalue weighted by Crippen LogP contribution is -2.54. The van der Waals surface area contributed by atoms with Gasteiger partial charge in [-0.25, -0.2) is 4.59 Å². The van der Waals surface area contributed by atoms with E-state index in [2.05, 4.69) is 18.9 Å². The highest BCUT2D eigenvalue weighted by Crippen LogP contribution is 1.96. The van der Waals surface area contributed by atoms with Gasteiger partial charge in [0.1, 0.15) is 6.54 Å². The van der Waals surface area contributed by atoms with Gasteiger partial charge < -0.3 is 0 Å². The van der Waals surface area contributed by atoms with Gasteiger partial charge in [-0.15, -0.1) is 0 Å². The molecule has 3 nitrogen and oxygen atoms in total. The lowest BCUT2D eigenvalue weighted by Gasteiger charge is -2.28. The standard InChI is InChI=1S/C9H18N2O/c1-5-7-8-11(3,4)10-9(12)6-2/h6H,2,5,7-8H2,1,3-4H3/p+1. The number of nitrogens with zero attached hydrogens (tertiary/aromatic N) is 1. The Balaban J connectivity index is 3.85. The Hall–Kier alpha value is -0.830. The number of amides is 1. The molecule has 0 saturated carbocycles. The predicted octanol–water partition coefficient (Wildman–Crippen LogP) is 1.08. The number of carbonyl (C=O) groups is 1. The quantitative estimate of drug-likeness (QED) is 0.374. The molecule has 0 heterocycles. The number of nitrogens with one attached hydrogen (secondary N) is 1. The Morgan fingerprint density at radius 1 is 1.58 bits per heavy atom. The van der Waals surface area contributed by atoms with E-state index in [-0.39, 0.29) is 5.91 Å². The number of quaternary nitrogens is 1. The van der Waals surface area contributed by atoms with Crippen molar-refractivity contribution in [3.63, 3.8) is 0 Å². The minimum absolute atomic E-state index is 0.115. The van der Waals surface area contributed by atoms with Crippen molar-refractivity contribution in [1.82, 2.24) is 5.43 Å². The van der Waals surface area contributed by atoms with E-state index in [0.717, 1.165) is 19.4 Å². The van der Waals surface area contributed by atoms with Gasteiger partial charge in [0.05, 0.1) is 14.1 Å². The third-order valence-electron chi connectivity index (χ3n) is 1.67. The van der Waals surface area contributed by atoms with Crippen LogP contribution >= 0.6 is 0 Å². The summed E-state index contributed by atoms with van der Waals surface area (Å²) >= 11 is 0. The first-order chi connectivity index (χ1) is 5.52. The molecule has 0 rings (SSSR count). The topological polar surface area (TPSA) is 29.1 Å². The van der Waals surface area contributed by atoms with Crippen LogP contribution in [0.1, 0.15) is 19.8 Å². The van der Waals surface area contributed by atoms with E-state index in [1.165, 1.54) is 6.08 Å². The van der Waals surface area contributed by atoms with E-state index in [9.17, 15) is 4.79 Å². The predicted molar refractivity (Wildman–Crippen MR) is 50.2 cm³/mol. The third-order valence-corrected chi connectivity index (χ3v) is 1.67. The summed E-state index contributed by atoms with van der Waals surface area (Å²) in [4.78, 5) is 10.9. The van der Waals surface area contributed by atoms with Crippen molar-refractivity contribution < 1.29 is 9.39 Å². The maximum absolute atomic E-state index is 10.9. The Bertz CT molecular complexity index is 164. The third kappa shape index (κ3) is 4.91. The Morgan fingerprint density at radius 3 is 2.58 bits per heavy atom. The van der Waals surface area contributed by atoms with Gasteiger partial charge in [0, 0.05) is 6.08 Å². The molecule has 3 heteroatoms. The highest BCUT2D eigenvalue weighted by Gasteiger charge is 2.15. The summed E-state index contributed by atoms with van der Waals surface area (Å²) in [5.41, 5.74) is 2.82. The van der Waals surface area contributed by atoms with E-state index in [1.807, 2.05) is 14.1 Å². The zero-order chi connectivity index (χ0) is 9.61. The van der Waals surface area contributed by atoms with Crippen LogP contribution in [0, 0.1) is 0 Å². The summed E-state index contributed by atoms with van der Waals surface area (Å²) in [5, 5.41) is 0. The molecule has 0 aromatic rings. The molecule has 0 aromatic heterocycles. The van der Waals surface area contributed by atoms with Gasteiger partial charge in [-0.3, -0.25) is 4.79 Å². The number of hydrogen-bond donors (Lipinski definition) is 1. The van der Waals surface area contributed by atoms with Crippen LogP contribution in [0.2, 0.25) is 0 Å². The average molecular weight is 171 g/mol.